The van der Waals surface area contributed by atoms with E-state index in [0.29, 0.717) is 17.4 Å². The number of aromatic nitrogens is 1. The van der Waals surface area contributed by atoms with Crippen LogP contribution in [0.25, 0.3) is 23.3 Å². The average Bonchev–Trinajstić information content (AvgIpc) is 2.95. The van der Waals surface area contributed by atoms with Crippen LogP contribution in [0.2, 0.25) is 0 Å². The molecule has 0 aliphatic heterocycles. The average molecular weight is 281 g/mol. The molecule has 0 N–H and O–H groups in total. The molecule has 0 unspecified atom stereocenters. The van der Waals surface area contributed by atoms with Crippen LogP contribution in [0.5, 0.6) is 11.5 Å². The number of para-hydroxylation sites is 2. The van der Waals surface area contributed by atoms with Gasteiger partial charge in [-0.1, -0.05) is 18.2 Å². The van der Waals surface area contributed by atoms with Gasteiger partial charge in [-0.2, -0.15) is 0 Å². The quantitative estimate of drug-likeness (QED) is 0.724. The molecule has 0 aliphatic rings. The zero-order chi connectivity index (χ0) is 14.7. The van der Waals surface area contributed by atoms with Gasteiger partial charge in [-0.3, -0.25) is 0 Å². The summed E-state index contributed by atoms with van der Waals surface area (Å²) in [4.78, 5) is 4.39. The van der Waals surface area contributed by atoms with Crippen molar-refractivity contribution in [3.8, 4) is 11.5 Å². The maximum Gasteiger partial charge on any atom is 0.220 e. The lowest BCUT2D eigenvalue weighted by Gasteiger charge is -2.07. The van der Waals surface area contributed by atoms with Crippen molar-refractivity contribution in [3.63, 3.8) is 0 Å². The molecule has 0 aliphatic carbocycles. The molecule has 0 bridgehead atoms. The van der Waals surface area contributed by atoms with Gasteiger partial charge in [0.05, 0.1) is 14.2 Å². The van der Waals surface area contributed by atoms with Crippen molar-refractivity contribution in [1.82, 2.24) is 4.98 Å². The molecule has 0 amide bonds. The summed E-state index contributed by atoms with van der Waals surface area (Å²) >= 11 is 0. The van der Waals surface area contributed by atoms with Crippen molar-refractivity contribution in [3.05, 3.63) is 53.9 Å². The molecule has 3 aromatic rings. The second kappa shape index (κ2) is 5.71. The summed E-state index contributed by atoms with van der Waals surface area (Å²) in [6.45, 7) is 0. The van der Waals surface area contributed by atoms with E-state index in [0.717, 1.165) is 16.7 Å². The number of methoxy groups -OCH3 is 2. The van der Waals surface area contributed by atoms with Crippen molar-refractivity contribution in [2.45, 2.75) is 0 Å². The summed E-state index contributed by atoms with van der Waals surface area (Å²) in [7, 11) is 3.23. The second-order valence-corrected chi connectivity index (χ2v) is 4.47. The molecule has 0 saturated carbocycles. The normalized spacial score (nSPS) is 11.1. The minimum absolute atomic E-state index is 0.575. The highest BCUT2D eigenvalue weighted by Crippen LogP contribution is 2.28. The third-order valence-corrected chi connectivity index (χ3v) is 3.14. The number of ether oxygens (including phenoxy) is 2. The predicted molar refractivity (Wildman–Crippen MR) is 82.5 cm³/mol. The molecule has 3 rings (SSSR count). The molecule has 0 fully saturated rings. The van der Waals surface area contributed by atoms with Gasteiger partial charge in [0.25, 0.3) is 0 Å². The first-order valence-corrected chi connectivity index (χ1v) is 6.56. The zero-order valence-corrected chi connectivity index (χ0v) is 11.9. The summed E-state index contributed by atoms with van der Waals surface area (Å²) < 4.78 is 16.1. The maximum absolute atomic E-state index is 5.64. The topological polar surface area (TPSA) is 44.5 Å². The van der Waals surface area contributed by atoms with E-state index in [1.165, 1.54) is 0 Å². The third kappa shape index (κ3) is 2.74. The molecule has 0 saturated heterocycles. The first kappa shape index (κ1) is 13.2. The Labute approximate surface area is 122 Å². The van der Waals surface area contributed by atoms with Gasteiger partial charge < -0.3 is 13.9 Å². The number of nitrogens with zero attached hydrogens (tertiary/aromatic N) is 1. The van der Waals surface area contributed by atoms with Crippen LogP contribution in [0, 0.1) is 0 Å². The molecular weight excluding hydrogens is 266 g/mol. The molecule has 0 spiro atoms. The van der Waals surface area contributed by atoms with E-state index in [9.17, 15) is 0 Å². The fraction of sp³-hybridized carbons (Fsp3) is 0.118. The minimum atomic E-state index is 0.575. The smallest absolute Gasteiger partial charge is 0.220 e. The van der Waals surface area contributed by atoms with Gasteiger partial charge in [0.2, 0.25) is 5.89 Å². The summed E-state index contributed by atoms with van der Waals surface area (Å²) in [5.74, 6) is 1.97. The van der Waals surface area contributed by atoms with Gasteiger partial charge in [0, 0.05) is 6.08 Å². The van der Waals surface area contributed by atoms with Crippen molar-refractivity contribution in [2.75, 3.05) is 14.2 Å². The third-order valence-electron chi connectivity index (χ3n) is 3.14. The van der Waals surface area contributed by atoms with Crippen LogP contribution in [0.1, 0.15) is 11.5 Å². The molecule has 1 aromatic heterocycles. The molecule has 4 heteroatoms. The Morgan fingerprint density at radius 3 is 2.52 bits per heavy atom. The highest BCUT2D eigenvalue weighted by Gasteiger charge is 2.04. The molecule has 2 aromatic carbocycles. The van der Waals surface area contributed by atoms with E-state index in [2.05, 4.69) is 4.98 Å². The summed E-state index contributed by atoms with van der Waals surface area (Å²) in [5.41, 5.74) is 2.61. The first-order valence-electron chi connectivity index (χ1n) is 6.56. The van der Waals surface area contributed by atoms with E-state index in [1.54, 1.807) is 14.2 Å². The van der Waals surface area contributed by atoms with Crippen LogP contribution < -0.4 is 9.47 Å². The van der Waals surface area contributed by atoms with Crippen LogP contribution in [0.4, 0.5) is 0 Å². The monoisotopic (exact) mass is 281 g/mol. The number of oxazole rings is 1. The largest absolute Gasteiger partial charge is 0.493 e. The highest BCUT2D eigenvalue weighted by atomic mass is 16.5. The molecule has 1 heterocycles. The lowest BCUT2D eigenvalue weighted by molar-refractivity contribution is 0.355. The molecule has 0 atom stereocenters. The SMILES string of the molecule is COc1ccc(C=Cc2nc3ccccc3o2)cc1OC. The van der Waals surface area contributed by atoms with Gasteiger partial charge >= 0.3 is 0 Å². The highest BCUT2D eigenvalue weighted by molar-refractivity contribution is 5.76. The number of hydrogen-bond donors (Lipinski definition) is 0. The van der Waals surface area contributed by atoms with Crippen molar-refractivity contribution in [2.24, 2.45) is 0 Å². The maximum atomic E-state index is 5.64. The Kier molecular flexibility index (Phi) is 3.60. The molecule has 0 radical (unpaired) electrons. The van der Waals surface area contributed by atoms with Gasteiger partial charge in [0.1, 0.15) is 5.52 Å². The summed E-state index contributed by atoms with van der Waals surface area (Å²) in [5, 5.41) is 0. The minimum Gasteiger partial charge on any atom is -0.493 e. The summed E-state index contributed by atoms with van der Waals surface area (Å²) in [6, 6.07) is 13.4. The molecular formula is C17H15NO3. The predicted octanol–water partition coefficient (Wildman–Crippen LogP) is 4.02. The van der Waals surface area contributed by atoms with Crippen molar-refractivity contribution >= 4 is 23.3 Å². The lowest BCUT2D eigenvalue weighted by atomic mass is 10.2. The first-order chi connectivity index (χ1) is 10.3. The van der Waals surface area contributed by atoms with Crippen LogP contribution in [0.3, 0.4) is 0 Å². The Bertz CT molecular complexity index is 757. The van der Waals surface area contributed by atoms with Crippen LogP contribution in [-0.2, 0) is 0 Å². The zero-order valence-electron chi connectivity index (χ0n) is 11.9. The van der Waals surface area contributed by atoms with E-state index >= 15 is 0 Å². The Balaban J connectivity index is 1.88. The van der Waals surface area contributed by atoms with Crippen LogP contribution >= 0.6 is 0 Å². The van der Waals surface area contributed by atoms with E-state index in [1.807, 2.05) is 54.6 Å². The second-order valence-electron chi connectivity index (χ2n) is 4.47. The standard InChI is InChI=1S/C17H15NO3/c1-19-15-9-7-12(11-16(15)20-2)8-10-17-18-13-5-3-4-6-14(13)21-17/h3-11H,1-2H3. The van der Waals surface area contributed by atoms with Gasteiger partial charge in [-0.05, 0) is 35.9 Å². The van der Waals surface area contributed by atoms with E-state index < -0.39 is 0 Å². The number of fused-ring (bicyclic) bond motifs is 1. The van der Waals surface area contributed by atoms with Crippen LogP contribution in [0.15, 0.2) is 46.9 Å². The fourth-order valence-electron chi connectivity index (χ4n) is 2.09. The van der Waals surface area contributed by atoms with Crippen molar-refractivity contribution in [1.29, 1.82) is 0 Å². The Morgan fingerprint density at radius 2 is 1.76 bits per heavy atom. The van der Waals surface area contributed by atoms with Gasteiger partial charge in [0.15, 0.2) is 17.1 Å². The van der Waals surface area contributed by atoms with E-state index in [4.69, 9.17) is 13.9 Å². The van der Waals surface area contributed by atoms with Gasteiger partial charge in [-0.15, -0.1) is 0 Å². The van der Waals surface area contributed by atoms with E-state index in [-0.39, 0.29) is 0 Å². The van der Waals surface area contributed by atoms with Crippen LogP contribution in [-0.4, -0.2) is 19.2 Å². The number of hydrogen-bond acceptors (Lipinski definition) is 4. The fourth-order valence-corrected chi connectivity index (χ4v) is 2.09. The molecule has 106 valence electrons. The summed E-state index contributed by atoms with van der Waals surface area (Å²) in [6.07, 6.45) is 3.76. The molecule has 21 heavy (non-hydrogen) atoms. The Morgan fingerprint density at radius 1 is 0.952 bits per heavy atom. The number of benzene rings is 2. The molecule has 4 nitrogen and oxygen atoms in total. The van der Waals surface area contributed by atoms with Crippen molar-refractivity contribution < 1.29 is 13.9 Å². The van der Waals surface area contributed by atoms with Gasteiger partial charge in [-0.25, -0.2) is 4.98 Å². The lowest BCUT2D eigenvalue weighted by Crippen LogP contribution is -1.90. The number of rotatable bonds is 4. The Hall–Kier alpha value is -2.75.